The predicted octanol–water partition coefficient (Wildman–Crippen LogP) is 2.81. The van der Waals surface area contributed by atoms with E-state index in [1.807, 2.05) is 0 Å². The second-order valence-corrected chi connectivity index (χ2v) is 5.45. The van der Waals surface area contributed by atoms with Crippen LogP contribution in [0.15, 0.2) is 18.2 Å². The highest BCUT2D eigenvalue weighted by Gasteiger charge is 2.40. The minimum Gasteiger partial charge on any atom is -0.381 e. The molecule has 0 unspecified atom stereocenters. The van der Waals surface area contributed by atoms with Crippen molar-refractivity contribution < 1.29 is 27.1 Å². The van der Waals surface area contributed by atoms with Crippen molar-refractivity contribution in [2.45, 2.75) is 25.1 Å². The number of allylic oxidation sites excluding steroid dienone is 1. The Morgan fingerprint density at radius 3 is 2.52 bits per heavy atom. The summed E-state index contributed by atoms with van der Waals surface area (Å²) in [6, 6.07) is -0.603. The molecule has 2 heterocycles. The van der Waals surface area contributed by atoms with E-state index in [4.69, 9.17) is 4.74 Å². The Balaban J connectivity index is 2.47. The molecule has 5 nitrogen and oxygen atoms in total. The molecule has 0 radical (unpaired) electrons. The van der Waals surface area contributed by atoms with Gasteiger partial charge in [0.05, 0.1) is 6.20 Å². The van der Waals surface area contributed by atoms with E-state index in [-0.39, 0.29) is 13.2 Å². The zero-order chi connectivity index (χ0) is 17.2. The molecule has 128 valence electrons. The number of carbonyl (C=O) groups is 1. The van der Waals surface area contributed by atoms with Crippen molar-refractivity contribution in [3.63, 3.8) is 0 Å². The standard InChI is InChI=1S/C14H17F4N3O2/c1-20(2)8-10(15)12(22)11-7-19-13(14(16,17)18)21(11)9-3-5-23-6-4-9/h7-9H,3-6H2,1-2H3/b10-8-. The number of imidazole rings is 1. The lowest BCUT2D eigenvalue weighted by Gasteiger charge is -2.26. The van der Waals surface area contributed by atoms with Crippen LogP contribution in [0.1, 0.15) is 35.2 Å². The first-order valence-corrected chi connectivity index (χ1v) is 7.02. The van der Waals surface area contributed by atoms with E-state index in [2.05, 4.69) is 4.98 Å². The van der Waals surface area contributed by atoms with E-state index in [0.29, 0.717) is 12.8 Å². The highest BCUT2D eigenvalue weighted by molar-refractivity contribution is 6.05. The molecule has 0 amide bonds. The number of Topliss-reactive ketones (excluding diaryl/α,β-unsaturated/α-hetero) is 1. The Labute approximate surface area is 130 Å². The number of ether oxygens (including phenoxy) is 1. The molecule has 9 heteroatoms. The Bertz CT molecular complexity index is 602. The number of carbonyl (C=O) groups excluding carboxylic acids is 1. The highest BCUT2D eigenvalue weighted by atomic mass is 19.4. The second-order valence-electron chi connectivity index (χ2n) is 5.45. The molecule has 1 fully saturated rings. The van der Waals surface area contributed by atoms with E-state index >= 15 is 0 Å². The number of alkyl halides is 3. The van der Waals surface area contributed by atoms with Gasteiger partial charge in [-0.05, 0) is 12.8 Å². The zero-order valence-corrected chi connectivity index (χ0v) is 12.7. The number of nitrogens with zero attached hydrogens (tertiary/aromatic N) is 3. The smallest absolute Gasteiger partial charge is 0.381 e. The highest BCUT2D eigenvalue weighted by Crippen LogP contribution is 2.34. The largest absolute Gasteiger partial charge is 0.449 e. The van der Waals surface area contributed by atoms with Crippen LogP contribution < -0.4 is 0 Å². The predicted molar refractivity (Wildman–Crippen MR) is 73.5 cm³/mol. The van der Waals surface area contributed by atoms with Crippen LogP contribution in [0.4, 0.5) is 17.6 Å². The molecule has 0 aliphatic carbocycles. The van der Waals surface area contributed by atoms with Gasteiger partial charge >= 0.3 is 6.18 Å². The first-order valence-electron chi connectivity index (χ1n) is 7.02. The van der Waals surface area contributed by atoms with Crippen molar-refractivity contribution in [1.29, 1.82) is 0 Å². The minimum atomic E-state index is -4.72. The Kier molecular flexibility index (Phi) is 5.08. The molecular weight excluding hydrogens is 318 g/mol. The molecule has 1 aliphatic heterocycles. The normalized spacial score (nSPS) is 17.4. The van der Waals surface area contributed by atoms with Crippen molar-refractivity contribution in [2.75, 3.05) is 27.3 Å². The van der Waals surface area contributed by atoms with Crippen LogP contribution in [0.25, 0.3) is 0 Å². The summed E-state index contributed by atoms with van der Waals surface area (Å²) in [6.07, 6.45) is -2.42. The molecule has 0 bridgehead atoms. The quantitative estimate of drug-likeness (QED) is 0.482. The summed E-state index contributed by atoms with van der Waals surface area (Å²) in [5, 5.41) is 0. The van der Waals surface area contributed by atoms with Gasteiger partial charge < -0.3 is 14.2 Å². The molecule has 1 aliphatic rings. The molecule has 1 saturated heterocycles. The lowest BCUT2D eigenvalue weighted by atomic mass is 10.1. The third kappa shape index (κ3) is 3.90. The van der Waals surface area contributed by atoms with Crippen LogP contribution >= 0.6 is 0 Å². The van der Waals surface area contributed by atoms with Crippen molar-refractivity contribution in [1.82, 2.24) is 14.5 Å². The molecule has 0 atom stereocenters. The summed E-state index contributed by atoms with van der Waals surface area (Å²) in [7, 11) is 3.01. The molecule has 1 aromatic rings. The van der Waals surface area contributed by atoms with Gasteiger partial charge in [-0.3, -0.25) is 4.79 Å². The molecule has 0 spiro atoms. The number of rotatable bonds is 4. The fraction of sp³-hybridized carbons (Fsp3) is 0.571. The summed E-state index contributed by atoms with van der Waals surface area (Å²) in [5.41, 5.74) is -0.403. The topological polar surface area (TPSA) is 47.4 Å². The minimum absolute atomic E-state index is 0.282. The van der Waals surface area contributed by atoms with E-state index in [0.717, 1.165) is 17.0 Å². The Hall–Kier alpha value is -1.90. The van der Waals surface area contributed by atoms with Crippen LogP contribution in [0.5, 0.6) is 0 Å². The van der Waals surface area contributed by atoms with Crippen LogP contribution in [0.3, 0.4) is 0 Å². The van der Waals surface area contributed by atoms with Gasteiger partial charge in [0.1, 0.15) is 5.69 Å². The van der Waals surface area contributed by atoms with Gasteiger partial charge in [0.25, 0.3) is 0 Å². The summed E-state index contributed by atoms with van der Waals surface area (Å²) >= 11 is 0. The fourth-order valence-corrected chi connectivity index (χ4v) is 2.46. The SMILES string of the molecule is CN(C)/C=C(\F)C(=O)c1cnc(C(F)(F)F)n1C1CCOCC1. The molecule has 0 saturated carbocycles. The van der Waals surface area contributed by atoms with Crippen molar-refractivity contribution in [3.8, 4) is 0 Å². The fourth-order valence-electron chi connectivity index (χ4n) is 2.46. The van der Waals surface area contributed by atoms with Gasteiger partial charge in [-0.2, -0.15) is 13.2 Å². The van der Waals surface area contributed by atoms with Crippen LogP contribution in [0.2, 0.25) is 0 Å². The third-order valence-corrected chi connectivity index (χ3v) is 3.43. The monoisotopic (exact) mass is 335 g/mol. The average Bonchev–Trinajstić information content (AvgIpc) is 2.91. The van der Waals surface area contributed by atoms with Crippen LogP contribution in [0, 0.1) is 0 Å². The lowest BCUT2D eigenvalue weighted by Crippen LogP contribution is -2.27. The van der Waals surface area contributed by atoms with Crippen LogP contribution in [-0.2, 0) is 10.9 Å². The van der Waals surface area contributed by atoms with Gasteiger partial charge in [-0.1, -0.05) is 0 Å². The Morgan fingerprint density at radius 2 is 2.00 bits per heavy atom. The van der Waals surface area contributed by atoms with Crippen molar-refractivity contribution in [3.05, 3.63) is 29.7 Å². The molecule has 0 aromatic carbocycles. The van der Waals surface area contributed by atoms with E-state index in [1.54, 1.807) is 0 Å². The third-order valence-electron chi connectivity index (χ3n) is 3.43. The number of aromatic nitrogens is 2. The average molecular weight is 335 g/mol. The number of hydrogen-bond donors (Lipinski definition) is 0. The maximum Gasteiger partial charge on any atom is 0.449 e. The Morgan fingerprint density at radius 1 is 1.39 bits per heavy atom. The first-order chi connectivity index (χ1) is 10.7. The molecule has 2 rings (SSSR count). The van der Waals surface area contributed by atoms with Crippen molar-refractivity contribution >= 4 is 5.78 Å². The van der Waals surface area contributed by atoms with E-state index < -0.39 is 35.3 Å². The summed E-state index contributed by atoms with van der Waals surface area (Å²) in [6.45, 7) is 0.563. The van der Waals surface area contributed by atoms with Gasteiger partial charge in [-0.15, -0.1) is 0 Å². The second kappa shape index (κ2) is 6.69. The lowest BCUT2D eigenvalue weighted by molar-refractivity contribution is -0.148. The molecule has 23 heavy (non-hydrogen) atoms. The van der Waals surface area contributed by atoms with Crippen LogP contribution in [-0.4, -0.2) is 47.5 Å². The molecular formula is C14H17F4N3O2. The molecule has 0 N–H and O–H groups in total. The van der Waals surface area contributed by atoms with Gasteiger partial charge in [0.15, 0.2) is 5.83 Å². The number of ketones is 1. The maximum atomic E-state index is 13.9. The number of hydrogen-bond acceptors (Lipinski definition) is 4. The van der Waals surface area contributed by atoms with Gasteiger partial charge in [0.2, 0.25) is 11.6 Å². The summed E-state index contributed by atoms with van der Waals surface area (Å²) in [4.78, 5) is 16.8. The first kappa shape index (κ1) is 17.5. The van der Waals surface area contributed by atoms with Crippen molar-refractivity contribution in [2.24, 2.45) is 0 Å². The van der Waals surface area contributed by atoms with E-state index in [1.165, 1.54) is 19.0 Å². The van der Waals surface area contributed by atoms with Gasteiger partial charge in [0, 0.05) is 39.6 Å². The summed E-state index contributed by atoms with van der Waals surface area (Å²) in [5.74, 6) is -3.45. The van der Waals surface area contributed by atoms with E-state index in [9.17, 15) is 22.4 Å². The summed E-state index contributed by atoms with van der Waals surface area (Å²) < 4.78 is 59.3. The number of halogens is 4. The molecule has 1 aromatic heterocycles. The maximum absolute atomic E-state index is 13.9. The zero-order valence-electron chi connectivity index (χ0n) is 12.7. The van der Waals surface area contributed by atoms with Gasteiger partial charge in [-0.25, -0.2) is 9.37 Å².